The molecule has 0 fully saturated rings. The highest BCUT2D eigenvalue weighted by atomic mass is 19.1. The third-order valence-corrected chi connectivity index (χ3v) is 3.69. The zero-order valence-electron chi connectivity index (χ0n) is 14.8. The molecule has 136 valence electrons. The highest BCUT2D eigenvalue weighted by Gasteiger charge is 2.18. The Bertz CT molecular complexity index is 950. The second kappa shape index (κ2) is 8.97. The minimum Gasteiger partial charge on any atom is -0.462 e. The molecule has 1 aromatic heterocycles. The topological polar surface area (TPSA) is 57.5 Å². The number of aromatic nitrogens is 1. The first-order chi connectivity index (χ1) is 12.5. The third-order valence-electron chi connectivity index (χ3n) is 3.69. The van der Waals surface area contributed by atoms with E-state index in [-0.39, 0.29) is 29.9 Å². The van der Waals surface area contributed by atoms with Crippen molar-refractivity contribution in [2.75, 3.05) is 13.2 Å². The molecule has 0 aliphatic carbocycles. The lowest BCUT2D eigenvalue weighted by Crippen LogP contribution is -2.22. The van der Waals surface area contributed by atoms with Gasteiger partial charge in [0, 0.05) is 23.6 Å². The smallest absolute Gasteiger partial charge is 0.343 e. The highest BCUT2D eigenvalue weighted by molar-refractivity contribution is 5.94. The molecule has 0 atom stereocenters. The second-order valence-corrected chi connectivity index (χ2v) is 5.37. The van der Waals surface area contributed by atoms with Gasteiger partial charge in [0.1, 0.15) is 18.1 Å². The molecule has 1 aromatic carbocycles. The number of nitrogens with zero attached hydrogens (tertiary/aromatic N) is 1. The maximum absolute atomic E-state index is 14.2. The lowest BCUT2D eigenvalue weighted by molar-refractivity contribution is 0.0521. The van der Waals surface area contributed by atoms with Crippen molar-refractivity contribution in [2.24, 2.45) is 0 Å². The molecule has 1 heterocycles. The molecule has 0 bridgehead atoms. The van der Waals surface area contributed by atoms with Crippen molar-refractivity contribution in [3.05, 3.63) is 52.1 Å². The van der Waals surface area contributed by atoms with Crippen LogP contribution >= 0.6 is 0 Å². The zero-order chi connectivity index (χ0) is 19.1. The van der Waals surface area contributed by atoms with Gasteiger partial charge in [-0.05, 0) is 26.0 Å². The summed E-state index contributed by atoms with van der Waals surface area (Å²) >= 11 is 0. The standard InChI is InChI=1S/C20H20FNO4/c1-4-7-8-9-25-13-22-12-16(20(24)26-6-3)19(23)15-10-14(5-2)17(21)11-18(15)22/h5,10-12H,2,6,8-9,13H2,1,3H3. The molecule has 0 saturated heterocycles. The van der Waals surface area contributed by atoms with Gasteiger partial charge in [0.05, 0.1) is 18.7 Å². The molecule has 0 radical (unpaired) electrons. The van der Waals surface area contributed by atoms with E-state index in [4.69, 9.17) is 9.47 Å². The van der Waals surface area contributed by atoms with E-state index in [2.05, 4.69) is 18.4 Å². The van der Waals surface area contributed by atoms with Crippen molar-refractivity contribution in [1.82, 2.24) is 4.57 Å². The highest BCUT2D eigenvalue weighted by Crippen LogP contribution is 2.19. The number of hydrogen-bond donors (Lipinski definition) is 0. The number of pyridine rings is 1. The van der Waals surface area contributed by atoms with Gasteiger partial charge in [-0.2, -0.15) is 0 Å². The van der Waals surface area contributed by atoms with Crippen LogP contribution in [0.3, 0.4) is 0 Å². The van der Waals surface area contributed by atoms with E-state index in [9.17, 15) is 14.0 Å². The average Bonchev–Trinajstić information content (AvgIpc) is 2.63. The monoisotopic (exact) mass is 357 g/mol. The van der Waals surface area contributed by atoms with Gasteiger partial charge in [0.25, 0.3) is 0 Å². The quantitative estimate of drug-likeness (QED) is 0.433. The molecule has 0 unspecified atom stereocenters. The average molecular weight is 357 g/mol. The molecule has 2 aromatic rings. The Morgan fingerprint density at radius 3 is 2.85 bits per heavy atom. The maximum Gasteiger partial charge on any atom is 0.343 e. The summed E-state index contributed by atoms with van der Waals surface area (Å²) in [5.74, 6) is 4.40. The molecule has 0 saturated carbocycles. The lowest BCUT2D eigenvalue weighted by Gasteiger charge is -2.14. The Labute approximate surface area is 151 Å². The van der Waals surface area contributed by atoms with E-state index in [0.29, 0.717) is 18.5 Å². The van der Waals surface area contributed by atoms with Crippen LogP contribution in [0.5, 0.6) is 0 Å². The number of hydrogen-bond acceptors (Lipinski definition) is 4. The first kappa shape index (κ1) is 19.4. The van der Waals surface area contributed by atoms with Crippen molar-refractivity contribution in [3.8, 4) is 11.8 Å². The summed E-state index contributed by atoms with van der Waals surface area (Å²) in [6, 6.07) is 2.61. The van der Waals surface area contributed by atoms with Crippen molar-refractivity contribution in [1.29, 1.82) is 0 Å². The van der Waals surface area contributed by atoms with Gasteiger partial charge < -0.3 is 14.0 Å². The predicted molar refractivity (Wildman–Crippen MR) is 98.2 cm³/mol. The zero-order valence-corrected chi connectivity index (χ0v) is 14.8. The van der Waals surface area contributed by atoms with Crippen LogP contribution in [0.25, 0.3) is 17.0 Å². The van der Waals surface area contributed by atoms with Crippen LogP contribution in [0.2, 0.25) is 0 Å². The van der Waals surface area contributed by atoms with Crippen LogP contribution in [0.4, 0.5) is 4.39 Å². The van der Waals surface area contributed by atoms with Crippen molar-refractivity contribution in [3.63, 3.8) is 0 Å². The summed E-state index contributed by atoms with van der Waals surface area (Å²) in [4.78, 5) is 24.8. The summed E-state index contributed by atoms with van der Waals surface area (Å²) in [7, 11) is 0. The summed E-state index contributed by atoms with van der Waals surface area (Å²) in [6.45, 7) is 7.49. The van der Waals surface area contributed by atoms with Crippen molar-refractivity contribution in [2.45, 2.75) is 27.0 Å². The molecule has 0 N–H and O–H groups in total. The molecule has 0 spiro atoms. The summed E-state index contributed by atoms with van der Waals surface area (Å²) < 4.78 is 26.1. The van der Waals surface area contributed by atoms with Crippen molar-refractivity contribution < 1.29 is 18.7 Å². The van der Waals surface area contributed by atoms with Gasteiger partial charge in [-0.3, -0.25) is 4.79 Å². The van der Waals surface area contributed by atoms with Crippen LogP contribution in [0, 0.1) is 17.7 Å². The molecular weight excluding hydrogens is 337 g/mol. The van der Waals surface area contributed by atoms with E-state index >= 15 is 0 Å². The van der Waals surface area contributed by atoms with Crippen LogP contribution in [-0.4, -0.2) is 23.8 Å². The Morgan fingerprint density at radius 2 is 2.19 bits per heavy atom. The van der Waals surface area contributed by atoms with Gasteiger partial charge >= 0.3 is 5.97 Å². The van der Waals surface area contributed by atoms with E-state index in [0.717, 1.165) is 0 Å². The van der Waals surface area contributed by atoms with E-state index < -0.39 is 17.2 Å². The minimum atomic E-state index is -0.727. The van der Waals surface area contributed by atoms with Gasteiger partial charge in [-0.25, -0.2) is 9.18 Å². The third kappa shape index (κ3) is 4.19. The van der Waals surface area contributed by atoms with Crippen LogP contribution < -0.4 is 5.43 Å². The summed E-state index contributed by atoms with van der Waals surface area (Å²) in [6.07, 6.45) is 3.20. The predicted octanol–water partition coefficient (Wildman–Crippen LogP) is 3.35. The number of halogens is 1. The van der Waals surface area contributed by atoms with Gasteiger partial charge in [-0.1, -0.05) is 12.7 Å². The van der Waals surface area contributed by atoms with E-state index in [1.165, 1.54) is 29.0 Å². The summed E-state index contributed by atoms with van der Waals surface area (Å²) in [5, 5.41) is 0.198. The second-order valence-electron chi connectivity index (χ2n) is 5.37. The number of fused-ring (bicyclic) bond motifs is 1. The maximum atomic E-state index is 14.2. The minimum absolute atomic E-state index is 0.0431. The van der Waals surface area contributed by atoms with Gasteiger partial charge in [0.2, 0.25) is 5.43 Å². The van der Waals surface area contributed by atoms with E-state index in [1.807, 2.05) is 0 Å². The molecule has 0 aliphatic heterocycles. The molecule has 2 rings (SSSR count). The Kier molecular flexibility index (Phi) is 6.70. The molecule has 6 heteroatoms. The lowest BCUT2D eigenvalue weighted by atomic mass is 10.1. The first-order valence-electron chi connectivity index (χ1n) is 8.17. The normalized spacial score (nSPS) is 10.3. The van der Waals surface area contributed by atoms with E-state index in [1.54, 1.807) is 13.8 Å². The van der Waals surface area contributed by atoms with Gasteiger partial charge in [-0.15, -0.1) is 11.8 Å². The molecule has 5 nitrogen and oxygen atoms in total. The number of esters is 1. The van der Waals surface area contributed by atoms with Crippen LogP contribution in [0.1, 0.15) is 36.2 Å². The summed E-state index contributed by atoms with van der Waals surface area (Å²) in [5.41, 5.74) is -0.137. The molecule has 0 amide bonds. The molecule has 26 heavy (non-hydrogen) atoms. The SMILES string of the molecule is C=Cc1cc2c(=O)c(C(=O)OCC)cn(COCCC#CC)c2cc1F. The fourth-order valence-corrected chi connectivity index (χ4v) is 2.46. The van der Waals surface area contributed by atoms with Crippen LogP contribution in [-0.2, 0) is 16.2 Å². The number of rotatable bonds is 7. The number of carbonyl (C=O) groups is 1. The fraction of sp³-hybridized carbons (Fsp3) is 0.300. The number of benzene rings is 1. The van der Waals surface area contributed by atoms with Gasteiger partial charge in [0.15, 0.2) is 0 Å². The number of ether oxygens (including phenoxy) is 2. The fourth-order valence-electron chi connectivity index (χ4n) is 2.46. The number of carbonyl (C=O) groups excluding carboxylic acids is 1. The Hall–Kier alpha value is -2.91. The Morgan fingerprint density at radius 1 is 1.42 bits per heavy atom. The Balaban J connectivity index is 2.55. The molecular formula is C20H20FNO4. The molecule has 0 aliphatic rings. The largest absolute Gasteiger partial charge is 0.462 e. The first-order valence-corrected chi connectivity index (χ1v) is 8.17. The van der Waals surface area contributed by atoms with Crippen LogP contribution in [0.15, 0.2) is 29.7 Å². The van der Waals surface area contributed by atoms with Crippen molar-refractivity contribution >= 4 is 22.9 Å².